The van der Waals surface area contributed by atoms with Gasteiger partial charge in [0.05, 0.1) is 10.5 Å². The fraction of sp³-hybridized carbons (Fsp3) is 0.300. The topological polar surface area (TPSA) is 54.5 Å². The van der Waals surface area contributed by atoms with E-state index in [1.54, 1.807) is 6.92 Å². The van der Waals surface area contributed by atoms with Crippen LogP contribution in [0, 0.1) is 5.82 Å². The summed E-state index contributed by atoms with van der Waals surface area (Å²) >= 11 is 2.89. The van der Waals surface area contributed by atoms with Gasteiger partial charge in [0.25, 0.3) is 15.0 Å². The lowest BCUT2D eigenvalue weighted by molar-refractivity contribution is 0.0797. The molecule has 4 nitrogen and oxygen atoms in total. The summed E-state index contributed by atoms with van der Waals surface area (Å²) < 4.78 is 36.2. The Kier molecular flexibility index (Phi) is 4.74. The van der Waals surface area contributed by atoms with Crippen LogP contribution < -0.4 is 0 Å². The quantitative estimate of drug-likeness (QED) is 0.781. The first-order chi connectivity index (χ1) is 8.18. The third-order valence-electron chi connectivity index (χ3n) is 2.34. The number of hydrogen-bond donors (Lipinski definition) is 0. The van der Waals surface area contributed by atoms with Crippen LogP contribution in [-0.4, -0.2) is 32.8 Å². The van der Waals surface area contributed by atoms with Crippen molar-refractivity contribution in [3.05, 3.63) is 28.0 Å². The molecule has 100 valence electrons. The lowest BCUT2D eigenvalue weighted by Crippen LogP contribution is -2.27. The molecule has 0 aliphatic carbocycles. The van der Waals surface area contributed by atoms with Gasteiger partial charge in [-0.15, -0.1) is 0 Å². The van der Waals surface area contributed by atoms with E-state index in [-0.39, 0.29) is 14.9 Å². The normalized spacial score (nSPS) is 11.4. The Morgan fingerprint density at radius 1 is 1.50 bits per heavy atom. The summed E-state index contributed by atoms with van der Waals surface area (Å²) in [6, 6.07) is 1.84. The highest BCUT2D eigenvalue weighted by Gasteiger charge is 2.22. The number of carbonyl (C=O) groups excluding carboxylic acids is 1. The van der Waals surface area contributed by atoms with Gasteiger partial charge in [-0.2, -0.15) is 0 Å². The largest absolute Gasteiger partial charge is 0.342 e. The number of nitrogens with zero attached hydrogens (tertiary/aromatic N) is 1. The summed E-state index contributed by atoms with van der Waals surface area (Å²) in [4.78, 5) is 12.7. The zero-order valence-electron chi connectivity index (χ0n) is 9.58. The molecule has 0 aromatic heterocycles. The maximum Gasteiger partial charge on any atom is 0.262 e. The molecule has 1 aromatic rings. The van der Waals surface area contributed by atoms with Crippen molar-refractivity contribution < 1.29 is 17.6 Å². The van der Waals surface area contributed by atoms with Crippen molar-refractivity contribution in [3.8, 4) is 0 Å². The van der Waals surface area contributed by atoms with E-state index in [1.165, 1.54) is 11.9 Å². The first kappa shape index (κ1) is 15.4. The summed E-state index contributed by atoms with van der Waals surface area (Å²) in [5, 5.41) is 0. The Morgan fingerprint density at radius 3 is 2.50 bits per heavy atom. The van der Waals surface area contributed by atoms with E-state index in [4.69, 9.17) is 10.7 Å². The first-order valence-electron chi connectivity index (χ1n) is 4.87. The second kappa shape index (κ2) is 5.54. The zero-order valence-corrected chi connectivity index (χ0v) is 12.7. The third kappa shape index (κ3) is 3.21. The van der Waals surface area contributed by atoms with Gasteiger partial charge >= 0.3 is 0 Å². The molecule has 1 rings (SSSR count). The summed E-state index contributed by atoms with van der Waals surface area (Å²) in [5.41, 5.74) is -0.332. The number of hydrogen-bond acceptors (Lipinski definition) is 3. The van der Waals surface area contributed by atoms with Gasteiger partial charge in [-0.25, -0.2) is 12.8 Å². The fourth-order valence-corrected chi connectivity index (χ4v) is 3.40. The summed E-state index contributed by atoms with van der Waals surface area (Å²) in [5.74, 6) is -1.42. The van der Waals surface area contributed by atoms with Crippen LogP contribution in [0.1, 0.15) is 17.3 Å². The highest BCUT2D eigenvalue weighted by Crippen LogP contribution is 2.28. The van der Waals surface area contributed by atoms with Crippen LogP contribution in [0.25, 0.3) is 0 Å². The molecular weight excluding hydrogens is 349 g/mol. The molecule has 0 spiro atoms. The lowest BCUT2D eigenvalue weighted by atomic mass is 10.2. The molecule has 0 atom stereocenters. The Labute approximate surface area is 117 Å². The SMILES string of the molecule is CCN(C)C(=O)c1cc(S(=O)(=O)Cl)c(Br)cc1F. The van der Waals surface area contributed by atoms with Crippen molar-refractivity contribution in [2.24, 2.45) is 0 Å². The fourth-order valence-electron chi connectivity index (χ4n) is 1.23. The zero-order chi connectivity index (χ0) is 14.1. The van der Waals surface area contributed by atoms with Crippen molar-refractivity contribution in [1.82, 2.24) is 4.90 Å². The number of benzene rings is 1. The molecule has 0 fully saturated rings. The molecule has 8 heteroatoms. The highest BCUT2D eigenvalue weighted by atomic mass is 79.9. The Balaban J connectivity index is 3.44. The van der Waals surface area contributed by atoms with Crippen molar-refractivity contribution in [3.63, 3.8) is 0 Å². The molecule has 0 bridgehead atoms. The van der Waals surface area contributed by atoms with Crippen LogP contribution in [0.2, 0.25) is 0 Å². The van der Waals surface area contributed by atoms with E-state index in [0.29, 0.717) is 6.54 Å². The molecule has 0 unspecified atom stereocenters. The molecule has 0 N–H and O–H groups in total. The molecule has 0 aliphatic rings. The van der Waals surface area contributed by atoms with Gasteiger partial charge in [0.2, 0.25) is 0 Å². The maximum absolute atomic E-state index is 13.7. The second-order valence-corrected chi connectivity index (χ2v) is 6.91. The standard InChI is InChI=1S/C10H10BrClFNO3S/c1-3-14(2)10(15)6-4-9(18(12,16)17)7(11)5-8(6)13/h4-5H,3H2,1-2H3. The number of halogens is 3. The van der Waals surface area contributed by atoms with Gasteiger partial charge in [-0.3, -0.25) is 4.79 Å². The molecule has 0 saturated carbocycles. The predicted molar refractivity (Wildman–Crippen MR) is 69.8 cm³/mol. The van der Waals surface area contributed by atoms with E-state index in [0.717, 1.165) is 12.1 Å². The van der Waals surface area contributed by atoms with Crippen LogP contribution in [-0.2, 0) is 9.05 Å². The summed E-state index contributed by atoms with van der Waals surface area (Å²) in [7, 11) is 2.64. The van der Waals surface area contributed by atoms with Gasteiger partial charge in [0.15, 0.2) is 0 Å². The Hall–Kier alpha value is -0.660. The molecule has 0 radical (unpaired) electrons. The first-order valence-corrected chi connectivity index (χ1v) is 7.98. The van der Waals surface area contributed by atoms with E-state index in [9.17, 15) is 17.6 Å². The summed E-state index contributed by atoms with van der Waals surface area (Å²) in [6.45, 7) is 2.09. The van der Waals surface area contributed by atoms with Gasteiger partial charge in [-0.05, 0) is 35.0 Å². The van der Waals surface area contributed by atoms with Crippen molar-refractivity contribution in [2.75, 3.05) is 13.6 Å². The van der Waals surface area contributed by atoms with E-state index < -0.39 is 20.8 Å². The molecule has 18 heavy (non-hydrogen) atoms. The van der Waals surface area contributed by atoms with Gasteiger partial charge in [-0.1, -0.05) is 0 Å². The van der Waals surface area contributed by atoms with Crippen molar-refractivity contribution in [2.45, 2.75) is 11.8 Å². The van der Waals surface area contributed by atoms with Crippen LogP contribution in [0.4, 0.5) is 4.39 Å². The minimum Gasteiger partial charge on any atom is -0.342 e. The molecule has 1 amide bonds. The third-order valence-corrected chi connectivity index (χ3v) is 4.62. The number of carbonyl (C=O) groups is 1. The highest BCUT2D eigenvalue weighted by molar-refractivity contribution is 9.10. The van der Waals surface area contributed by atoms with Crippen molar-refractivity contribution in [1.29, 1.82) is 0 Å². The minimum absolute atomic E-state index is 0.0225. The molecule has 1 aromatic carbocycles. The maximum atomic E-state index is 13.7. The molecular formula is C10H10BrClFNO3S. The van der Waals surface area contributed by atoms with E-state index in [1.807, 2.05) is 0 Å². The molecule has 0 heterocycles. The van der Waals surface area contributed by atoms with Crippen LogP contribution in [0.3, 0.4) is 0 Å². The second-order valence-electron chi connectivity index (χ2n) is 3.52. The smallest absolute Gasteiger partial charge is 0.262 e. The molecule has 0 aliphatic heterocycles. The van der Waals surface area contributed by atoms with Crippen LogP contribution >= 0.6 is 26.6 Å². The van der Waals surface area contributed by atoms with Gasteiger partial charge in [0.1, 0.15) is 5.82 Å². The number of rotatable bonds is 3. The van der Waals surface area contributed by atoms with Gasteiger partial charge in [0, 0.05) is 28.7 Å². The van der Waals surface area contributed by atoms with Crippen LogP contribution in [0.15, 0.2) is 21.5 Å². The Morgan fingerprint density at radius 2 is 2.06 bits per heavy atom. The number of amides is 1. The van der Waals surface area contributed by atoms with Gasteiger partial charge < -0.3 is 4.90 Å². The Bertz CT molecular complexity index is 591. The minimum atomic E-state index is -4.05. The van der Waals surface area contributed by atoms with E-state index >= 15 is 0 Å². The predicted octanol–water partition coefficient (Wildman–Crippen LogP) is 2.61. The lowest BCUT2D eigenvalue weighted by Gasteiger charge is -2.15. The average molecular weight is 359 g/mol. The van der Waals surface area contributed by atoms with E-state index in [2.05, 4.69) is 15.9 Å². The summed E-state index contributed by atoms with van der Waals surface area (Å²) in [6.07, 6.45) is 0. The monoisotopic (exact) mass is 357 g/mol. The average Bonchev–Trinajstić information content (AvgIpc) is 2.25. The molecule has 0 saturated heterocycles. The van der Waals surface area contributed by atoms with Crippen LogP contribution in [0.5, 0.6) is 0 Å². The van der Waals surface area contributed by atoms with Crippen molar-refractivity contribution >= 4 is 41.6 Å².